The molecule has 2 heterocycles. The molecule has 0 atom stereocenters. The van der Waals surface area contributed by atoms with Gasteiger partial charge in [-0.3, -0.25) is 9.89 Å². The topological polar surface area (TPSA) is 70.7 Å². The van der Waals surface area contributed by atoms with Crippen LogP contribution in [0, 0.1) is 6.92 Å². The van der Waals surface area contributed by atoms with Crippen LogP contribution in [0.25, 0.3) is 0 Å². The minimum Gasteiger partial charge on any atom is -0.352 e. The molecule has 0 aromatic carbocycles. The molecule has 16 heavy (non-hydrogen) atoms. The van der Waals surface area contributed by atoms with Crippen LogP contribution in [0.2, 0.25) is 0 Å². The van der Waals surface area contributed by atoms with E-state index in [0.29, 0.717) is 13.0 Å². The summed E-state index contributed by atoms with van der Waals surface area (Å²) in [6, 6.07) is 0. The number of amides is 1. The van der Waals surface area contributed by atoms with Crippen LogP contribution in [-0.4, -0.2) is 21.1 Å². The van der Waals surface area contributed by atoms with E-state index in [-0.39, 0.29) is 5.91 Å². The number of hydrogen-bond donors (Lipinski definition) is 2. The van der Waals surface area contributed by atoms with E-state index < -0.39 is 0 Å². The van der Waals surface area contributed by atoms with E-state index in [2.05, 4.69) is 20.5 Å². The number of H-pyrrole nitrogens is 1. The lowest BCUT2D eigenvalue weighted by Gasteiger charge is -2.02. The zero-order chi connectivity index (χ0) is 11.4. The van der Waals surface area contributed by atoms with E-state index in [9.17, 15) is 4.79 Å². The summed E-state index contributed by atoms with van der Waals surface area (Å²) < 4.78 is 0. The first-order valence-corrected chi connectivity index (χ1v) is 5.82. The van der Waals surface area contributed by atoms with Gasteiger partial charge in [0.25, 0.3) is 0 Å². The molecule has 0 saturated carbocycles. The highest BCUT2D eigenvalue weighted by Gasteiger charge is 2.06. The Bertz CT molecular complexity index is 463. The Morgan fingerprint density at radius 2 is 2.50 bits per heavy atom. The Hall–Kier alpha value is -1.69. The van der Waals surface area contributed by atoms with Gasteiger partial charge in [0.15, 0.2) is 0 Å². The predicted octanol–water partition coefficient (Wildman–Crippen LogP) is 1.03. The van der Waals surface area contributed by atoms with Gasteiger partial charge in [0, 0.05) is 23.2 Å². The Morgan fingerprint density at radius 3 is 3.12 bits per heavy atom. The Labute approximate surface area is 96.9 Å². The second-order valence-corrected chi connectivity index (χ2v) is 4.17. The van der Waals surface area contributed by atoms with Crippen LogP contribution >= 0.6 is 11.3 Å². The molecule has 2 aromatic rings. The van der Waals surface area contributed by atoms with Crippen molar-refractivity contribution in [2.75, 3.05) is 0 Å². The quantitative estimate of drug-likeness (QED) is 0.833. The lowest BCUT2D eigenvalue weighted by molar-refractivity contribution is -0.120. The van der Waals surface area contributed by atoms with Gasteiger partial charge in [-0.05, 0) is 6.92 Å². The third-order valence-corrected chi connectivity index (χ3v) is 2.87. The van der Waals surface area contributed by atoms with Gasteiger partial charge in [-0.25, -0.2) is 4.98 Å². The summed E-state index contributed by atoms with van der Waals surface area (Å²) in [5.74, 6) is -0.0218. The number of aromatic amines is 1. The SMILES string of the molecule is Cc1[nH]ncc1CNC(=O)Cc1cscn1. The molecule has 0 radical (unpaired) electrons. The Morgan fingerprint density at radius 1 is 1.62 bits per heavy atom. The molecule has 6 heteroatoms. The number of aromatic nitrogens is 3. The molecule has 2 rings (SSSR count). The van der Waals surface area contributed by atoms with Gasteiger partial charge in [0.2, 0.25) is 5.91 Å². The molecule has 0 aliphatic carbocycles. The lowest BCUT2D eigenvalue weighted by atomic mass is 10.2. The molecule has 0 aliphatic rings. The van der Waals surface area contributed by atoms with Crippen molar-refractivity contribution in [1.82, 2.24) is 20.5 Å². The number of aryl methyl sites for hydroxylation is 1. The third kappa shape index (κ3) is 2.66. The predicted molar refractivity (Wildman–Crippen MR) is 61.0 cm³/mol. The number of nitrogens with zero attached hydrogens (tertiary/aromatic N) is 2. The van der Waals surface area contributed by atoms with E-state index in [1.165, 1.54) is 11.3 Å². The average molecular weight is 236 g/mol. The third-order valence-electron chi connectivity index (χ3n) is 2.24. The van der Waals surface area contributed by atoms with Crippen molar-refractivity contribution in [2.45, 2.75) is 19.9 Å². The molecule has 0 bridgehead atoms. The average Bonchev–Trinajstić information content (AvgIpc) is 2.87. The number of hydrogen-bond acceptors (Lipinski definition) is 4. The fourth-order valence-corrected chi connectivity index (χ4v) is 1.86. The summed E-state index contributed by atoms with van der Waals surface area (Å²) in [6.07, 6.45) is 2.05. The zero-order valence-electron chi connectivity index (χ0n) is 8.86. The lowest BCUT2D eigenvalue weighted by Crippen LogP contribution is -2.24. The standard InChI is InChI=1S/C10H12N4OS/c1-7-8(4-13-14-7)3-11-10(15)2-9-5-16-6-12-9/h4-6H,2-3H2,1H3,(H,11,15)(H,13,14). The maximum atomic E-state index is 11.5. The molecule has 0 aliphatic heterocycles. The highest BCUT2D eigenvalue weighted by atomic mass is 32.1. The molecule has 2 N–H and O–H groups in total. The molecule has 5 nitrogen and oxygen atoms in total. The summed E-state index contributed by atoms with van der Waals surface area (Å²) in [5, 5.41) is 11.4. The zero-order valence-corrected chi connectivity index (χ0v) is 9.67. The van der Waals surface area contributed by atoms with Gasteiger partial charge in [-0.1, -0.05) is 0 Å². The monoisotopic (exact) mass is 236 g/mol. The van der Waals surface area contributed by atoms with Crippen molar-refractivity contribution in [3.05, 3.63) is 34.0 Å². The first-order valence-electron chi connectivity index (χ1n) is 4.88. The normalized spacial score (nSPS) is 10.3. The van der Waals surface area contributed by atoms with Gasteiger partial charge in [-0.15, -0.1) is 11.3 Å². The van der Waals surface area contributed by atoms with E-state index in [1.54, 1.807) is 11.7 Å². The van der Waals surface area contributed by atoms with E-state index in [0.717, 1.165) is 17.0 Å². The first kappa shape index (κ1) is 10.8. The van der Waals surface area contributed by atoms with Crippen LogP contribution in [-0.2, 0) is 17.8 Å². The minimum atomic E-state index is -0.0218. The van der Waals surface area contributed by atoms with Crippen LogP contribution in [0.5, 0.6) is 0 Å². The van der Waals surface area contributed by atoms with Gasteiger partial charge in [0.05, 0.1) is 23.8 Å². The van der Waals surface area contributed by atoms with Crippen molar-refractivity contribution in [1.29, 1.82) is 0 Å². The summed E-state index contributed by atoms with van der Waals surface area (Å²) in [6.45, 7) is 2.43. The molecule has 1 amide bonds. The Balaban J connectivity index is 1.82. The number of carbonyl (C=O) groups is 1. The highest BCUT2D eigenvalue weighted by Crippen LogP contribution is 2.03. The van der Waals surface area contributed by atoms with Gasteiger partial charge < -0.3 is 5.32 Å². The van der Waals surface area contributed by atoms with Crippen LogP contribution in [0.4, 0.5) is 0 Å². The molecular weight excluding hydrogens is 224 g/mol. The molecule has 0 unspecified atom stereocenters. The molecular formula is C10H12N4OS. The summed E-state index contributed by atoms with van der Waals surface area (Å²) in [5.41, 5.74) is 4.52. The summed E-state index contributed by atoms with van der Waals surface area (Å²) in [4.78, 5) is 15.6. The van der Waals surface area contributed by atoms with Gasteiger partial charge in [-0.2, -0.15) is 5.10 Å². The molecule has 2 aromatic heterocycles. The van der Waals surface area contributed by atoms with Crippen molar-refractivity contribution < 1.29 is 4.79 Å². The van der Waals surface area contributed by atoms with E-state index >= 15 is 0 Å². The summed E-state index contributed by atoms with van der Waals surface area (Å²) >= 11 is 1.49. The molecule has 0 saturated heterocycles. The van der Waals surface area contributed by atoms with Crippen molar-refractivity contribution in [3.63, 3.8) is 0 Å². The van der Waals surface area contributed by atoms with E-state index in [4.69, 9.17) is 0 Å². The van der Waals surface area contributed by atoms with Crippen molar-refractivity contribution in [3.8, 4) is 0 Å². The fourth-order valence-electron chi connectivity index (χ4n) is 1.30. The van der Waals surface area contributed by atoms with Crippen LogP contribution < -0.4 is 5.32 Å². The smallest absolute Gasteiger partial charge is 0.226 e. The molecule has 0 spiro atoms. The van der Waals surface area contributed by atoms with Crippen LogP contribution in [0.1, 0.15) is 17.0 Å². The molecule has 84 valence electrons. The maximum Gasteiger partial charge on any atom is 0.226 e. The van der Waals surface area contributed by atoms with Crippen molar-refractivity contribution in [2.24, 2.45) is 0 Å². The fraction of sp³-hybridized carbons (Fsp3) is 0.300. The largest absolute Gasteiger partial charge is 0.352 e. The second-order valence-electron chi connectivity index (χ2n) is 3.45. The number of rotatable bonds is 4. The van der Waals surface area contributed by atoms with Crippen LogP contribution in [0.3, 0.4) is 0 Å². The summed E-state index contributed by atoms with van der Waals surface area (Å²) in [7, 11) is 0. The van der Waals surface area contributed by atoms with Gasteiger partial charge in [0.1, 0.15) is 0 Å². The van der Waals surface area contributed by atoms with Crippen LogP contribution in [0.15, 0.2) is 17.1 Å². The Kier molecular flexibility index (Phi) is 3.31. The number of nitrogens with one attached hydrogen (secondary N) is 2. The highest BCUT2D eigenvalue weighted by molar-refractivity contribution is 7.07. The van der Waals surface area contributed by atoms with E-state index in [1.807, 2.05) is 12.3 Å². The number of carbonyl (C=O) groups excluding carboxylic acids is 1. The second kappa shape index (κ2) is 4.89. The van der Waals surface area contributed by atoms with Gasteiger partial charge >= 0.3 is 0 Å². The first-order chi connectivity index (χ1) is 7.75. The number of thiazole rings is 1. The minimum absolute atomic E-state index is 0.0218. The van der Waals surface area contributed by atoms with Crippen molar-refractivity contribution >= 4 is 17.2 Å². The molecule has 0 fully saturated rings. The maximum absolute atomic E-state index is 11.5.